The molecule has 1 aromatic carbocycles. The molecule has 3 rings (SSSR count). The highest BCUT2D eigenvalue weighted by atomic mass is 16.5. The highest BCUT2D eigenvalue weighted by Crippen LogP contribution is 2.55. The lowest BCUT2D eigenvalue weighted by Gasteiger charge is -2.53. The second-order valence-corrected chi connectivity index (χ2v) is 9.10. The fraction of sp³-hybridized carbons (Fsp3) is 0.560. The van der Waals surface area contributed by atoms with E-state index in [2.05, 4.69) is 27.4 Å². The summed E-state index contributed by atoms with van der Waals surface area (Å²) in [5.74, 6) is 1.71. The molecule has 28 heavy (non-hydrogen) atoms. The summed E-state index contributed by atoms with van der Waals surface area (Å²) in [5, 5.41) is 0. The zero-order chi connectivity index (χ0) is 20.3. The van der Waals surface area contributed by atoms with Crippen LogP contribution in [0.1, 0.15) is 58.4 Å². The topological polar surface area (TPSA) is 35.5 Å². The molecule has 0 bridgehead atoms. The minimum Gasteiger partial charge on any atom is -0.497 e. The van der Waals surface area contributed by atoms with Crippen LogP contribution in [0.2, 0.25) is 0 Å². The average Bonchev–Trinajstić information content (AvgIpc) is 2.66. The van der Waals surface area contributed by atoms with Gasteiger partial charge in [0.05, 0.1) is 7.11 Å². The molecule has 0 radical (unpaired) electrons. The monoisotopic (exact) mass is 382 g/mol. The van der Waals surface area contributed by atoms with Crippen LogP contribution in [-0.2, 0) is 9.53 Å². The van der Waals surface area contributed by atoms with Crippen LogP contribution >= 0.6 is 0 Å². The van der Waals surface area contributed by atoms with Crippen molar-refractivity contribution >= 4 is 12.0 Å². The first-order valence-electron chi connectivity index (χ1n) is 10.5. The molecule has 0 spiro atoms. The van der Waals surface area contributed by atoms with Gasteiger partial charge < -0.3 is 9.47 Å². The predicted molar refractivity (Wildman–Crippen MR) is 114 cm³/mol. The second kappa shape index (κ2) is 8.55. The van der Waals surface area contributed by atoms with Gasteiger partial charge in [0.15, 0.2) is 0 Å². The average molecular weight is 383 g/mol. The third kappa shape index (κ3) is 4.34. The molecule has 0 aliphatic heterocycles. The summed E-state index contributed by atoms with van der Waals surface area (Å²) < 4.78 is 11.3. The minimum atomic E-state index is -0.255. The van der Waals surface area contributed by atoms with E-state index >= 15 is 0 Å². The van der Waals surface area contributed by atoms with Gasteiger partial charge >= 0.3 is 5.97 Å². The van der Waals surface area contributed by atoms with E-state index in [0.717, 1.165) is 24.2 Å². The van der Waals surface area contributed by atoms with E-state index in [-0.39, 0.29) is 23.4 Å². The van der Waals surface area contributed by atoms with Gasteiger partial charge in [0.1, 0.15) is 11.9 Å². The molecule has 1 aromatic rings. The summed E-state index contributed by atoms with van der Waals surface area (Å²) in [6, 6.07) is 7.64. The van der Waals surface area contributed by atoms with Gasteiger partial charge in [-0.2, -0.15) is 0 Å². The Morgan fingerprint density at radius 1 is 1.25 bits per heavy atom. The molecular formula is C25H34O3. The molecule has 4 atom stereocenters. The molecular weight excluding hydrogens is 348 g/mol. The molecule has 0 aromatic heterocycles. The Morgan fingerprint density at radius 2 is 1.96 bits per heavy atom. The second-order valence-electron chi connectivity index (χ2n) is 9.10. The first-order chi connectivity index (χ1) is 13.3. The van der Waals surface area contributed by atoms with E-state index in [4.69, 9.17) is 9.47 Å². The third-order valence-corrected chi connectivity index (χ3v) is 6.87. The van der Waals surface area contributed by atoms with Crippen molar-refractivity contribution in [1.29, 1.82) is 0 Å². The van der Waals surface area contributed by atoms with Crippen molar-refractivity contribution in [2.45, 2.75) is 59.0 Å². The molecule has 2 aliphatic carbocycles. The van der Waals surface area contributed by atoms with E-state index in [1.165, 1.54) is 24.8 Å². The van der Waals surface area contributed by atoms with Crippen molar-refractivity contribution in [3.8, 4) is 5.75 Å². The zero-order valence-electron chi connectivity index (χ0n) is 17.7. The van der Waals surface area contributed by atoms with Crippen molar-refractivity contribution in [2.75, 3.05) is 7.11 Å². The molecule has 3 heteroatoms. The minimum absolute atomic E-state index is 0.0698. The van der Waals surface area contributed by atoms with Crippen molar-refractivity contribution in [3.05, 3.63) is 48.1 Å². The van der Waals surface area contributed by atoms with Crippen molar-refractivity contribution in [1.82, 2.24) is 0 Å². The Labute approximate surface area is 169 Å². The summed E-state index contributed by atoms with van der Waals surface area (Å²) >= 11 is 0. The Balaban J connectivity index is 1.76. The van der Waals surface area contributed by atoms with Crippen LogP contribution in [0.5, 0.6) is 5.75 Å². The summed E-state index contributed by atoms with van der Waals surface area (Å²) in [7, 11) is 1.64. The van der Waals surface area contributed by atoms with E-state index < -0.39 is 0 Å². The standard InChI is InChI=1S/C25H34O3/c1-17(2)21-14-16-25(4)15-6-7-18(3)23(25)24(21)28-22(26)13-10-19-8-11-20(27-5)12-9-19/h8-13,17,21,23-24H,3,6-7,14-16H2,1-2,4-5H3/b13-10+/t21-,23+,24-,25+/m0/s1. The van der Waals surface area contributed by atoms with Gasteiger partial charge in [-0.25, -0.2) is 4.79 Å². The van der Waals surface area contributed by atoms with Crippen molar-refractivity contribution < 1.29 is 14.3 Å². The van der Waals surface area contributed by atoms with Gasteiger partial charge in [-0.15, -0.1) is 0 Å². The quantitative estimate of drug-likeness (QED) is 0.353. The van der Waals surface area contributed by atoms with Crippen LogP contribution in [0, 0.1) is 23.2 Å². The normalized spacial score (nSPS) is 30.3. The molecule has 2 fully saturated rings. The lowest BCUT2D eigenvalue weighted by Crippen LogP contribution is -2.50. The van der Waals surface area contributed by atoms with Gasteiger partial charge in [-0.05, 0) is 73.1 Å². The number of esters is 1. The van der Waals surface area contributed by atoms with Gasteiger partial charge in [0, 0.05) is 12.0 Å². The van der Waals surface area contributed by atoms with E-state index in [1.54, 1.807) is 13.2 Å². The van der Waals surface area contributed by atoms with Crippen LogP contribution < -0.4 is 4.74 Å². The molecule has 0 saturated heterocycles. The maximum Gasteiger partial charge on any atom is 0.331 e. The first-order valence-corrected chi connectivity index (χ1v) is 10.5. The van der Waals surface area contributed by atoms with Gasteiger partial charge in [0.25, 0.3) is 0 Å². The summed E-state index contributed by atoms with van der Waals surface area (Å²) in [6.45, 7) is 11.2. The van der Waals surface area contributed by atoms with E-state index in [9.17, 15) is 4.79 Å². The fourth-order valence-electron chi connectivity index (χ4n) is 5.26. The molecule has 3 nitrogen and oxygen atoms in total. The van der Waals surface area contributed by atoms with E-state index in [0.29, 0.717) is 11.8 Å². The number of carbonyl (C=O) groups excluding carboxylic acids is 1. The molecule has 152 valence electrons. The number of benzene rings is 1. The Morgan fingerprint density at radius 3 is 2.61 bits per heavy atom. The predicted octanol–water partition coefficient (Wildman–Crippen LogP) is 6.05. The number of ether oxygens (including phenoxy) is 2. The number of fused-ring (bicyclic) bond motifs is 1. The summed E-state index contributed by atoms with van der Waals surface area (Å²) in [5.41, 5.74) is 2.44. The Bertz CT molecular complexity index is 731. The third-order valence-electron chi connectivity index (χ3n) is 6.87. The summed E-state index contributed by atoms with van der Waals surface area (Å²) in [4.78, 5) is 12.7. The highest BCUT2D eigenvalue weighted by molar-refractivity contribution is 5.87. The number of hydrogen-bond acceptors (Lipinski definition) is 3. The Hall–Kier alpha value is -2.03. The first kappa shape index (κ1) is 20.7. The number of rotatable bonds is 5. The lowest BCUT2D eigenvalue weighted by molar-refractivity contribution is -0.159. The number of methoxy groups -OCH3 is 1. The number of hydrogen-bond donors (Lipinski definition) is 0. The molecule has 2 aliphatic rings. The molecule has 0 heterocycles. The highest BCUT2D eigenvalue weighted by Gasteiger charge is 2.51. The maximum absolute atomic E-state index is 12.7. The van der Waals surface area contributed by atoms with Crippen molar-refractivity contribution in [3.63, 3.8) is 0 Å². The smallest absolute Gasteiger partial charge is 0.331 e. The molecule has 0 N–H and O–H groups in total. The lowest BCUT2D eigenvalue weighted by atomic mass is 9.54. The summed E-state index contributed by atoms with van der Waals surface area (Å²) in [6.07, 6.45) is 9.09. The maximum atomic E-state index is 12.7. The zero-order valence-corrected chi connectivity index (χ0v) is 17.7. The van der Waals surface area contributed by atoms with Crippen LogP contribution in [-0.4, -0.2) is 19.2 Å². The van der Waals surface area contributed by atoms with Crippen LogP contribution in [0.25, 0.3) is 6.08 Å². The largest absolute Gasteiger partial charge is 0.497 e. The van der Waals surface area contributed by atoms with Crippen LogP contribution in [0.3, 0.4) is 0 Å². The van der Waals surface area contributed by atoms with Crippen LogP contribution in [0.4, 0.5) is 0 Å². The van der Waals surface area contributed by atoms with Gasteiger partial charge in [-0.3, -0.25) is 0 Å². The van der Waals surface area contributed by atoms with E-state index in [1.807, 2.05) is 30.3 Å². The molecule has 2 saturated carbocycles. The molecule has 0 unspecified atom stereocenters. The van der Waals surface area contributed by atoms with Crippen molar-refractivity contribution in [2.24, 2.45) is 23.2 Å². The number of carbonyl (C=O) groups is 1. The molecule has 0 amide bonds. The van der Waals surface area contributed by atoms with Crippen LogP contribution in [0.15, 0.2) is 42.5 Å². The van der Waals surface area contributed by atoms with Gasteiger partial charge in [0.2, 0.25) is 0 Å². The SMILES string of the molecule is C=C1CCC[C@]2(C)CC[C@@H](C(C)C)[C@H](OC(=O)/C=C/c3ccc(OC)cc3)[C@@H]12. The fourth-order valence-corrected chi connectivity index (χ4v) is 5.26. The Kier molecular flexibility index (Phi) is 6.32. The van der Waals surface area contributed by atoms with Gasteiger partial charge in [-0.1, -0.05) is 45.1 Å².